The first-order valence-electron chi connectivity index (χ1n) is 9.22. The Morgan fingerprint density at radius 3 is 2.52 bits per heavy atom. The van der Waals surface area contributed by atoms with Crippen molar-refractivity contribution in [2.24, 2.45) is 0 Å². The van der Waals surface area contributed by atoms with Crippen molar-refractivity contribution in [2.45, 2.75) is 11.4 Å². The van der Waals surface area contributed by atoms with Gasteiger partial charge in [0.05, 0.1) is 16.8 Å². The quantitative estimate of drug-likeness (QED) is 0.735. The SMILES string of the molecule is CN1C(=O)CSc2cnn(CC(=O)N3CCN(c4ccc(F)cc4)CC3)c(=O)c21. The van der Waals surface area contributed by atoms with Gasteiger partial charge in [-0.05, 0) is 24.3 Å². The lowest BCUT2D eigenvalue weighted by atomic mass is 10.2. The van der Waals surface area contributed by atoms with Crippen molar-refractivity contribution in [2.75, 3.05) is 48.8 Å². The van der Waals surface area contributed by atoms with Crippen molar-refractivity contribution in [1.29, 1.82) is 0 Å². The highest BCUT2D eigenvalue weighted by Gasteiger charge is 2.27. The van der Waals surface area contributed by atoms with E-state index >= 15 is 0 Å². The fourth-order valence-corrected chi connectivity index (χ4v) is 4.40. The van der Waals surface area contributed by atoms with Gasteiger partial charge < -0.3 is 14.7 Å². The first-order valence-corrected chi connectivity index (χ1v) is 10.2. The number of carbonyl (C=O) groups is 2. The van der Waals surface area contributed by atoms with Gasteiger partial charge in [0, 0.05) is 38.9 Å². The second-order valence-electron chi connectivity index (χ2n) is 6.91. The Kier molecular flexibility index (Phi) is 5.27. The Balaban J connectivity index is 1.42. The summed E-state index contributed by atoms with van der Waals surface area (Å²) in [7, 11) is 1.56. The van der Waals surface area contributed by atoms with Gasteiger partial charge in [0.2, 0.25) is 11.8 Å². The molecule has 0 radical (unpaired) electrons. The zero-order chi connectivity index (χ0) is 20.5. The van der Waals surface area contributed by atoms with Crippen molar-refractivity contribution in [3.63, 3.8) is 0 Å². The van der Waals surface area contributed by atoms with E-state index in [2.05, 4.69) is 10.00 Å². The molecule has 152 valence electrons. The summed E-state index contributed by atoms with van der Waals surface area (Å²) in [6.45, 7) is 2.08. The average Bonchev–Trinajstić information content (AvgIpc) is 2.73. The predicted octanol–water partition coefficient (Wildman–Crippen LogP) is 0.800. The lowest BCUT2D eigenvalue weighted by Crippen LogP contribution is -2.50. The number of amides is 2. The topological polar surface area (TPSA) is 78.8 Å². The van der Waals surface area contributed by atoms with E-state index in [-0.39, 0.29) is 35.6 Å². The molecule has 0 unspecified atom stereocenters. The van der Waals surface area contributed by atoms with Crippen LogP contribution in [0, 0.1) is 5.82 Å². The molecule has 1 fully saturated rings. The molecule has 1 aromatic carbocycles. The van der Waals surface area contributed by atoms with Gasteiger partial charge in [-0.2, -0.15) is 5.10 Å². The lowest BCUT2D eigenvalue weighted by molar-refractivity contribution is -0.132. The van der Waals surface area contributed by atoms with Crippen molar-refractivity contribution in [1.82, 2.24) is 14.7 Å². The highest BCUT2D eigenvalue weighted by molar-refractivity contribution is 8.00. The number of rotatable bonds is 3. The Morgan fingerprint density at radius 2 is 1.83 bits per heavy atom. The van der Waals surface area contributed by atoms with Crippen LogP contribution < -0.4 is 15.4 Å². The summed E-state index contributed by atoms with van der Waals surface area (Å²) in [6, 6.07) is 6.28. The van der Waals surface area contributed by atoms with Gasteiger partial charge in [0.25, 0.3) is 5.56 Å². The van der Waals surface area contributed by atoms with Crippen LogP contribution in [0.25, 0.3) is 0 Å². The van der Waals surface area contributed by atoms with Crippen LogP contribution in [0.3, 0.4) is 0 Å². The highest BCUT2D eigenvalue weighted by atomic mass is 32.2. The molecule has 0 N–H and O–H groups in total. The molecule has 2 amide bonds. The number of nitrogens with zero attached hydrogens (tertiary/aromatic N) is 5. The van der Waals surface area contributed by atoms with Crippen LogP contribution in [0.15, 0.2) is 40.2 Å². The summed E-state index contributed by atoms with van der Waals surface area (Å²) in [5, 5.41) is 4.11. The molecule has 1 aromatic heterocycles. The van der Waals surface area contributed by atoms with E-state index in [0.717, 1.165) is 10.4 Å². The first kappa shape index (κ1) is 19.4. The van der Waals surface area contributed by atoms with Gasteiger partial charge >= 0.3 is 0 Å². The Labute approximate surface area is 170 Å². The number of anilines is 2. The van der Waals surface area contributed by atoms with Crippen LogP contribution in [0.5, 0.6) is 0 Å². The van der Waals surface area contributed by atoms with E-state index in [0.29, 0.717) is 31.1 Å². The number of halogens is 1. The number of benzene rings is 1. The number of carbonyl (C=O) groups excluding carboxylic acids is 2. The minimum atomic E-state index is -0.441. The molecule has 2 aliphatic heterocycles. The predicted molar refractivity (Wildman–Crippen MR) is 108 cm³/mol. The van der Waals surface area contributed by atoms with Crippen LogP contribution in [-0.4, -0.2) is 65.5 Å². The average molecular weight is 417 g/mol. The van der Waals surface area contributed by atoms with Gasteiger partial charge in [0.1, 0.15) is 18.0 Å². The highest BCUT2D eigenvalue weighted by Crippen LogP contribution is 2.30. The van der Waals surface area contributed by atoms with Crippen molar-refractivity contribution >= 4 is 35.0 Å². The molecule has 2 aliphatic rings. The van der Waals surface area contributed by atoms with Crippen LogP contribution in [0.4, 0.5) is 15.8 Å². The van der Waals surface area contributed by atoms with E-state index in [1.807, 2.05) is 0 Å². The third-order valence-corrected chi connectivity index (χ3v) is 6.16. The standard InChI is InChI=1S/C19H20FN5O3S/c1-22-17(27)12-29-15-10-21-25(19(28)18(15)22)11-16(26)24-8-6-23(7-9-24)14-4-2-13(20)3-5-14/h2-5,10H,6-9,11-12H2,1H3. The summed E-state index contributed by atoms with van der Waals surface area (Å²) in [5.41, 5.74) is 0.746. The number of hydrogen-bond donors (Lipinski definition) is 0. The number of fused-ring (bicyclic) bond motifs is 1. The number of piperazine rings is 1. The molecule has 29 heavy (non-hydrogen) atoms. The van der Waals surface area contributed by atoms with E-state index in [1.54, 1.807) is 24.1 Å². The normalized spacial score (nSPS) is 16.8. The fourth-order valence-electron chi connectivity index (χ4n) is 3.45. The first-order chi connectivity index (χ1) is 13.9. The number of thioether (sulfide) groups is 1. The third kappa shape index (κ3) is 3.84. The Morgan fingerprint density at radius 1 is 1.14 bits per heavy atom. The van der Waals surface area contributed by atoms with Gasteiger partial charge in [-0.1, -0.05) is 0 Å². The third-order valence-electron chi connectivity index (χ3n) is 5.15. The van der Waals surface area contributed by atoms with Gasteiger partial charge in [-0.3, -0.25) is 14.4 Å². The van der Waals surface area contributed by atoms with E-state index in [9.17, 15) is 18.8 Å². The maximum atomic E-state index is 13.1. The van der Waals surface area contributed by atoms with Gasteiger partial charge in [-0.15, -0.1) is 11.8 Å². The molecule has 4 rings (SSSR count). The Bertz CT molecular complexity index is 1000. The zero-order valence-electron chi connectivity index (χ0n) is 15.9. The van der Waals surface area contributed by atoms with Crippen molar-refractivity contribution in [3.05, 3.63) is 46.6 Å². The minimum Gasteiger partial charge on any atom is -0.368 e. The van der Waals surface area contributed by atoms with Crippen molar-refractivity contribution in [3.8, 4) is 0 Å². The Hall–Kier alpha value is -2.88. The molecule has 0 atom stereocenters. The lowest BCUT2D eigenvalue weighted by Gasteiger charge is -2.36. The summed E-state index contributed by atoms with van der Waals surface area (Å²) in [6.07, 6.45) is 1.53. The monoisotopic (exact) mass is 417 g/mol. The van der Waals surface area contributed by atoms with E-state index in [4.69, 9.17) is 0 Å². The molecule has 2 aromatic rings. The molecule has 10 heteroatoms. The zero-order valence-corrected chi connectivity index (χ0v) is 16.7. The molecule has 0 bridgehead atoms. The maximum absolute atomic E-state index is 13.1. The molecule has 0 aliphatic carbocycles. The summed E-state index contributed by atoms with van der Waals surface area (Å²) < 4.78 is 14.2. The number of hydrogen-bond acceptors (Lipinski definition) is 6. The second kappa shape index (κ2) is 7.86. The van der Waals surface area contributed by atoms with Crippen LogP contribution in [0.2, 0.25) is 0 Å². The van der Waals surface area contributed by atoms with Gasteiger partial charge in [-0.25, -0.2) is 9.07 Å². The van der Waals surface area contributed by atoms with E-state index < -0.39 is 5.56 Å². The van der Waals surface area contributed by atoms with Crippen LogP contribution in [-0.2, 0) is 16.1 Å². The minimum absolute atomic E-state index is 0.152. The van der Waals surface area contributed by atoms with Gasteiger partial charge in [0.15, 0.2) is 0 Å². The summed E-state index contributed by atoms with van der Waals surface area (Å²) >= 11 is 1.28. The second-order valence-corrected chi connectivity index (χ2v) is 7.92. The fraction of sp³-hybridized carbons (Fsp3) is 0.368. The summed E-state index contributed by atoms with van der Waals surface area (Å²) in [4.78, 5) is 43.1. The van der Waals surface area contributed by atoms with Crippen LogP contribution in [0.1, 0.15) is 0 Å². The van der Waals surface area contributed by atoms with Crippen molar-refractivity contribution < 1.29 is 14.0 Å². The van der Waals surface area contributed by atoms with E-state index in [1.165, 1.54) is 35.0 Å². The molecule has 8 nitrogen and oxygen atoms in total. The molecular formula is C19H20FN5O3S. The summed E-state index contributed by atoms with van der Waals surface area (Å²) in [5.74, 6) is -0.362. The number of aromatic nitrogens is 2. The largest absolute Gasteiger partial charge is 0.368 e. The molecule has 0 spiro atoms. The molecule has 1 saturated heterocycles. The molecule has 0 saturated carbocycles. The molecule has 3 heterocycles. The van der Waals surface area contributed by atoms with Crippen LogP contribution >= 0.6 is 11.8 Å². The smallest absolute Gasteiger partial charge is 0.292 e. The molecular weight excluding hydrogens is 397 g/mol. The maximum Gasteiger partial charge on any atom is 0.292 e.